The Kier molecular flexibility index (Phi) is 7.03. The lowest BCUT2D eigenvalue weighted by Gasteiger charge is -2.25. The molecule has 0 aromatic heterocycles. The third kappa shape index (κ3) is 5.53. The van der Waals surface area contributed by atoms with E-state index in [1.807, 2.05) is 0 Å². The van der Waals surface area contributed by atoms with Crippen molar-refractivity contribution in [2.24, 2.45) is 5.92 Å². The lowest BCUT2D eigenvalue weighted by Crippen LogP contribution is -2.36. The van der Waals surface area contributed by atoms with Crippen LogP contribution in [0.5, 0.6) is 0 Å². The summed E-state index contributed by atoms with van der Waals surface area (Å²) in [6, 6.07) is 0.738. The maximum absolute atomic E-state index is 5.49. The molecule has 0 aromatic carbocycles. The van der Waals surface area contributed by atoms with Crippen LogP contribution in [0.3, 0.4) is 0 Å². The first kappa shape index (κ1) is 13.0. The van der Waals surface area contributed by atoms with Crippen molar-refractivity contribution in [3.05, 3.63) is 0 Å². The fraction of sp³-hybridized carbons (Fsp3) is 1.00. The van der Waals surface area contributed by atoms with Crippen LogP contribution >= 0.6 is 0 Å². The van der Waals surface area contributed by atoms with E-state index in [0.29, 0.717) is 0 Å². The molecular weight excluding hydrogens is 186 g/mol. The summed E-state index contributed by atoms with van der Waals surface area (Å²) in [6.07, 6.45) is 7.82. The maximum atomic E-state index is 5.49. The number of rotatable bonds is 7. The summed E-state index contributed by atoms with van der Waals surface area (Å²) in [5.74, 6) is 0.759. The van der Waals surface area contributed by atoms with Gasteiger partial charge < -0.3 is 10.1 Å². The van der Waals surface area contributed by atoms with Gasteiger partial charge in [0.2, 0.25) is 0 Å². The molecular formula is C13H27NO. The van der Waals surface area contributed by atoms with Crippen molar-refractivity contribution in [2.45, 2.75) is 58.4 Å². The standard InChI is InChI=1S/C13H27NO/c1-3-6-13(7-4-2)14-10-12-8-5-9-15-11-12/h12-14H,3-11H2,1-2H3. The minimum Gasteiger partial charge on any atom is -0.381 e. The average molecular weight is 213 g/mol. The Morgan fingerprint density at radius 3 is 2.53 bits per heavy atom. The fourth-order valence-corrected chi connectivity index (χ4v) is 2.35. The van der Waals surface area contributed by atoms with Gasteiger partial charge in [-0.3, -0.25) is 0 Å². The highest BCUT2D eigenvalue weighted by atomic mass is 16.5. The molecule has 1 aliphatic heterocycles. The highest BCUT2D eigenvalue weighted by Gasteiger charge is 2.15. The van der Waals surface area contributed by atoms with Crippen LogP contribution in [-0.2, 0) is 4.74 Å². The highest BCUT2D eigenvalue weighted by Crippen LogP contribution is 2.13. The molecule has 0 aliphatic carbocycles. The SMILES string of the molecule is CCCC(CCC)NCC1CCCOC1. The van der Waals surface area contributed by atoms with Gasteiger partial charge in [-0.15, -0.1) is 0 Å². The molecule has 1 heterocycles. The number of nitrogens with one attached hydrogen (secondary N) is 1. The van der Waals surface area contributed by atoms with Gasteiger partial charge in [-0.2, -0.15) is 0 Å². The van der Waals surface area contributed by atoms with Gasteiger partial charge in [0.15, 0.2) is 0 Å². The van der Waals surface area contributed by atoms with Crippen LogP contribution in [0.2, 0.25) is 0 Å². The molecule has 0 aromatic rings. The van der Waals surface area contributed by atoms with Crippen molar-refractivity contribution in [1.29, 1.82) is 0 Å². The molecule has 0 amide bonds. The van der Waals surface area contributed by atoms with Crippen molar-refractivity contribution in [1.82, 2.24) is 5.32 Å². The van der Waals surface area contributed by atoms with Gasteiger partial charge in [0.1, 0.15) is 0 Å². The summed E-state index contributed by atoms with van der Waals surface area (Å²) in [5.41, 5.74) is 0. The Balaban J connectivity index is 2.13. The zero-order chi connectivity index (χ0) is 10.9. The minimum atomic E-state index is 0.738. The van der Waals surface area contributed by atoms with Crippen molar-refractivity contribution in [2.75, 3.05) is 19.8 Å². The van der Waals surface area contributed by atoms with E-state index < -0.39 is 0 Å². The highest BCUT2D eigenvalue weighted by molar-refractivity contribution is 4.71. The fourth-order valence-electron chi connectivity index (χ4n) is 2.35. The van der Waals surface area contributed by atoms with Crippen molar-refractivity contribution >= 4 is 0 Å². The first-order chi connectivity index (χ1) is 7.36. The minimum absolute atomic E-state index is 0.738. The molecule has 0 spiro atoms. The molecule has 1 unspecified atom stereocenters. The molecule has 1 rings (SSSR count). The molecule has 90 valence electrons. The Hall–Kier alpha value is -0.0800. The predicted molar refractivity (Wildman–Crippen MR) is 65.1 cm³/mol. The third-order valence-electron chi connectivity index (χ3n) is 3.22. The maximum Gasteiger partial charge on any atom is 0.0506 e. The van der Waals surface area contributed by atoms with Gasteiger partial charge in [-0.05, 0) is 31.6 Å². The summed E-state index contributed by atoms with van der Waals surface area (Å²) in [5, 5.41) is 3.71. The topological polar surface area (TPSA) is 21.3 Å². The van der Waals surface area contributed by atoms with E-state index >= 15 is 0 Å². The Labute approximate surface area is 94.8 Å². The molecule has 1 atom stereocenters. The van der Waals surface area contributed by atoms with E-state index in [0.717, 1.165) is 31.7 Å². The molecule has 1 aliphatic rings. The van der Waals surface area contributed by atoms with Gasteiger partial charge in [0.25, 0.3) is 0 Å². The molecule has 2 nitrogen and oxygen atoms in total. The second-order valence-electron chi connectivity index (χ2n) is 4.77. The summed E-state index contributed by atoms with van der Waals surface area (Å²) in [4.78, 5) is 0. The van der Waals surface area contributed by atoms with Crippen molar-refractivity contribution in [3.63, 3.8) is 0 Å². The molecule has 2 heteroatoms. The molecule has 15 heavy (non-hydrogen) atoms. The van der Waals surface area contributed by atoms with E-state index in [-0.39, 0.29) is 0 Å². The zero-order valence-electron chi connectivity index (χ0n) is 10.4. The predicted octanol–water partition coefficient (Wildman–Crippen LogP) is 2.97. The normalized spacial score (nSPS) is 22.2. The van der Waals surface area contributed by atoms with Crippen LogP contribution in [0.15, 0.2) is 0 Å². The number of hydrogen-bond donors (Lipinski definition) is 1. The molecule has 1 N–H and O–H groups in total. The van der Waals surface area contributed by atoms with Crippen molar-refractivity contribution in [3.8, 4) is 0 Å². The van der Waals surface area contributed by atoms with Crippen LogP contribution in [0.1, 0.15) is 52.4 Å². The zero-order valence-corrected chi connectivity index (χ0v) is 10.4. The second kappa shape index (κ2) is 8.12. The van der Waals surface area contributed by atoms with E-state index in [2.05, 4.69) is 19.2 Å². The largest absolute Gasteiger partial charge is 0.381 e. The van der Waals surface area contributed by atoms with Crippen molar-refractivity contribution < 1.29 is 4.74 Å². The van der Waals surface area contributed by atoms with E-state index in [4.69, 9.17) is 4.74 Å². The number of hydrogen-bond acceptors (Lipinski definition) is 2. The van der Waals surface area contributed by atoms with Gasteiger partial charge in [-0.1, -0.05) is 26.7 Å². The average Bonchev–Trinajstić information content (AvgIpc) is 2.28. The first-order valence-corrected chi connectivity index (χ1v) is 6.68. The van der Waals surface area contributed by atoms with Crippen LogP contribution in [0, 0.1) is 5.92 Å². The summed E-state index contributed by atoms with van der Waals surface area (Å²) in [6.45, 7) is 7.65. The van der Waals surface area contributed by atoms with Gasteiger partial charge >= 0.3 is 0 Å². The molecule has 0 bridgehead atoms. The van der Waals surface area contributed by atoms with Gasteiger partial charge in [0.05, 0.1) is 6.61 Å². The van der Waals surface area contributed by atoms with Crippen LogP contribution in [-0.4, -0.2) is 25.8 Å². The molecule has 0 radical (unpaired) electrons. The Morgan fingerprint density at radius 1 is 1.27 bits per heavy atom. The third-order valence-corrected chi connectivity index (χ3v) is 3.22. The molecule has 1 saturated heterocycles. The molecule has 0 saturated carbocycles. The summed E-state index contributed by atoms with van der Waals surface area (Å²) >= 11 is 0. The lowest BCUT2D eigenvalue weighted by atomic mass is 10.0. The Morgan fingerprint density at radius 2 is 2.00 bits per heavy atom. The van der Waals surface area contributed by atoms with Crippen LogP contribution in [0.25, 0.3) is 0 Å². The summed E-state index contributed by atoms with van der Waals surface area (Å²) < 4.78 is 5.49. The second-order valence-corrected chi connectivity index (χ2v) is 4.77. The lowest BCUT2D eigenvalue weighted by molar-refractivity contribution is 0.0535. The van der Waals surface area contributed by atoms with E-state index in [9.17, 15) is 0 Å². The quantitative estimate of drug-likeness (QED) is 0.702. The Bertz CT molecular complexity index is 137. The van der Waals surface area contributed by atoms with Crippen LogP contribution in [0.4, 0.5) is 0 Å². The van der Waals surface area contributed by atoms with E-state index in [1.54, 1.807) is 0 Å². The first-order valence-electron chi connectivity index (χ1n) is 6.68. The summed E-state index contributed by atoms with van der Waals surface area (Å²) in [7, 11) is 0. The monoisotopic (exact) mass is 213 g/mol. The van der Waals surface area contributed by atoms with Gasteiger partial charge in [0, 0.05) is 19.2 Å². The van der Waals surface area contributed by atoms with Crippen LogP contribution < -0.4 is 5.32 Å². The van der Waals surface area contributed by atoms with Gasteiger partial charge in [-0.25, -0.2) is 0 Å². The molecule has 1 fully saturated rings. The number of ether oxygens (including phenoxy) is 1. The van der Waals surface area contributed by atoms with E-state index in [1.165, 1.54) is 38.5 Å². The smallest absolute Gasteiger partial charge is 0.0506 e.